The van der Waals surface area contributed by atoms with Gasteiger partial charge in [0.05, 0.1) is 16.7 Å². The molecule has 0 radical (unpaired) electrons. The number of thioether (sulfide) groups is 1. The van der Waals surface area contributed by atoms with Crippen molar-refractivity contribution in [3.63, 3.8) is 0 Å². The fourth-order valence-electron chi connectivity index (χ4n) is 4.01. The Morgan fingerprint density at radius 2 is 1.65 bits per heavy atom. The molecule has 0 aliphatic heterocycles. The third kappa shape index (κ3) is 7.07. The molecule has 0 aliphatic rings. The standard InChI is InChI=1S/C29H30N4O3S/c1-2-22-12-6-8-14-24(22)31-27(35)20-37-29-32-25-15-9-7-13-23(25)28(36)33(29)19-17-26(34)30-18-16-21-10-4-3-5-11-21/h3-15H,2,16-20H2,1H3,(H,30,34)(H,31,35). The van der Waals surface area contributed by atoms with Crippen LogP contribution in [-0.2, 0) is 29.0 Å². The number of hydrogen-bond acceptors (Lipinski definition) is 5. The molecule has 3 aromatic carbocycles. The van der Waals surface area contributed by atoms with Gasteiger partial charge in [-0.15, -0.1) is 0 Å². The molecule has 4 aromatic rings. The van der Waals surface area contributed by atoms with Gasteiger partial charge in [-0.3, -0.25) is 19.0 Å². The van der Waals surface area contributed by atoms with Crippen molar-refractivity contribution < 1.29 is 9.59 Å². The SMILES string of the molecule is CCc1ccccc1NC(=O)CSc1nc2ccccc2c(=O)n1CCC(=O)NCCc1ccccc1. The summed E-state index contributed by atoms with van der Waals surface area (Å²) in [5, 5.41) is 6.77. The number of hydrogen-bond donors (Lipinski definition) is 2. The van der Waals surface area contributed by atoms with Crippen LogP contribution in [0, 0.1) is 0 Å². The zero-order valence-electron chi connectivity index (χ0n) is 20.8. The van der Waals surface area contributed by atoms with E-state index in [-0.39, 0.29) is 36.1 Å². The molecule has 1 heterocycles. The van der Waals surface area contributed by atoms with Crippen LogP contribution in [0.1, 0.15) is 24.5 Å². The first-order chi connectivity index (χ1) is 18.0. The summed E-state index contributed by atoms with van der Waals surface area (Å²) in [6.45, 7) is 2.74. The second-order valence-corrected chi connectivity index (χ2v) is 9.49. The average molecular weight is 515 g/mol. The number of carbonyl (C=O) groups is 2. The lowest BCUT2D eigenvalue weighted by molar-refractivity contribution is -0.121. The summed E-state index contributed by atoms with van der Waals surface area (Å²) in [5.41, 5.74) is 3.33. The van der Waals surface area contributed by atoms with E-state index in [1.807, 2.05) is 67.6 Å². The van der Waals surface area contributed by atoms with E-state index in [1.54, 1.807) is 18.2 Å². The summed E-state index contributed by atoms with van der Waals surface area (Å²) < 4.78 is 1.50. The number of nitrogens with one attached hydrogen (secondary N) is 2. The predicted molar refractivity (Wildman–Crippen MR) is 149 cm³/mol. The van der Waals surface area contributed by atoms with Crippen LogP contribution < -0.4 is 16.2 Å². The molecule has 0 bridgehead atoms. The Labute approximate surface area is 220 Å². The molecule has 1 aromatic heterocycles. The normalized spacial score (nSPS) is 10.8. The molecule has 2 N–H and O–H groups in total. The highest BCUT2D eigenvalue weighted by Crippen LogP contribution is 2.20. The number of fused-ring (bicyclic) bond motifs is 1. The molecule has 0 saturated carbocycles. The Hall–Kier alpha value is -3.91. The lowest BCUT2D eigenvalue weighted by atomic mass is 10.1. The van der Waals surface area contributed by atoms with Gasteiger partial charge in [0.15, 0.2) is 5.16 Å². The Morgan fingerprint density at radius 1 is 0.919 bits per heavy atom. The van der Waals surface area contributed by atoms with Crippen LogP contribution in [0.15, 0.2) is 88.8 Å². The molecule has 2 amide bonds. The van der Waals surface area contributed by atoms with Gasteiger partial charge in [0.25, 0.3) is 5.56 Å². The fourth-order valence-corrected chi connectivity index (χ4v) is 4.84. The summed E-state index contributed by atoms with van der Waals surface area (Å²) in [5.74, 6) is -0.231. The second-order valence-electron chi connectivity index (χ2n) is 8.55. The number of para-hydroxylation sites is 2. The Morgan fingerprint density at radius 3 is 2.46 bits per heavy atom. The van der Waals surface area contributed by atoms with Gasteiger partial charge in [-0.1, -0.05) is 79.3 Å². The summed E-state index contributed by atoms with van der Waals surface area (Å²) in [6, 6.07) is 24.7. The molecule has 0 spiro atoms. The van der Waals surface area contributed by atoms with E-state index in [1.165, 1.54) is 16.3 Å². The maximum absolute atomic E-state index is 13.3. The van der Waals surface area contributed by atoms with E-state index >= 15 is 0 Å². The smallest absolute Gasteiger partial charge is 0.262 e. The second kappa shape index (κ2) is 12.9. The fraction of sp³-hybridized carbons (Fsp3) is 0.241. The molecule has 4 rings (SSSR count). The molecule has 7 nitrogen and oxygen atoms in total. The molecule has 37 heavy (non-hydrogen) atoms. The van der Waals surface area contributed by atoms with E-state index < -0.39 is 0 Å². The average Bonchev–Trinajstić information content (AvgIpc) is 2.92. The zero-order valence-corrected chi connectivity index (χ0v) is 21.6. The Kier molecular flexibility index (Phi) is 9.10. The molecule has 0 fully saturated rings. The third-order valence-corrected chi connectivity index (χ3v) is 6.95. The molecular formula is C29H30N4O3S. The number of aryl methyl sites for hydroxylation is 1. The highest BCUT2D eigenvalue weighted by Gasteiger charge is 2.15. The lowest BCUT2D eigenvalue weighted by Gasteiger charge is -2.14. The molecule has 0 saturated heterocycles. The van der Waals surface area contributed by atoms with Crippen LogP contribution >= 0.6 is 11.8 Å². The van der Waals surface area contributed by atoms with Crippen molar-refractivity contribution in [2.45, 2.75) is 37.9 Å². The molecule has 0 aliphatic carbocycles. The monoisotopic (exact) mass is 514 g/mol. The number of rotatable bonds is 11. The van der Waals surface area contributed by atoms with Gasteiger partial charge < -0.3 is 10.6 Å². The molecular weight excluding hydrogens is 484 g/mol. The van der Waals surface area contributed by atoms with Crippen LogP contribution in [-0.4, -0.2) is 33.7 Å². The Bertz CT molecular complexity index is 1440. The number of carbonyl (C=O) groups excluding carboxylic acids is 2. The predicted octanol–water partition coefficient (Wildman–Crippen LogP) is 4.44. The first-order valence-corrected chi connectivity index (χ1v) is 13.3. The van der Waals surface area contributed by atoms with Crippen LogP contribution in [0.2, 0.25) is 0 Å². The first-order valence-electron chi connectivity index (χ1n) is 12.4. The van der Waals surface area contributed by atoms with Crippen molar-refractivity contribution in [2.75, 3.05) is 17.6 Å². The number of nitrogens with zero attached hydrogens (tertiary/aromatic N) is 2. The molecule has 0 atom stereocenters. The Balaban J connectivity index is 1.43. The summed E-state index contributed by atoms with van der Waals surface area (Å²) in [4.78, 5) is 43.1. The van der Waals surface area contributed by atoms with Crippen LogP contribution in [0.3, 0.4) is 0 Å². The number of amides is 2. The van der Waals surface area contributed by atoms with Gasteiger partial charge in [0.1, 0.15) is 0 Å². The van der Waals surface area contributed by atoms with Crippen molar-refractivity contribution in [3.05, 3.63) is 100 Å². The summed E-state index contributed by atoms with van der Waals surface area (Å²) in [6.07, 6.45) is 1.68. The maximum atomic E-state index is 13.3. The molecule has 0 unspecified atom stereocenters. The highest BCUT2D eigenvalue weighted by atomic mass is 32.2. The topological polar surface area (TPSA) is 93.1 Å². The van der Waals surface area contributed by atoms with Crippen molar-refractivity contribution in [1.82, 2.24) is 14.9 Å². The van der Waals surface area contributed by atoms with E-state index in [2.05, 4.69) is 15.6 Å². The van der Waals surface area contributed by atoms with Crippen LogP contribution in [0.5, 0.6) is 0 Å². The van der Waals surface area contributed by atoms with Gasteiger partial charge in [0, 0.05) is 25.2 Å². The van der Waals surface area contributed by atoms with E-state index in [4.69, 9.17) is 0 Å². The quantitative estimate of drug-likeness (QED) is 0.228. The van der Waals surface area contributed by atoms with Gasteiger partial charge in [-0.2, -0.15) is 0 Å². The minimum Gasteiger partial charge on any atom is -0.356 e. The third-order valence-electron chi connectivity index (χ3n) is 5.97. The molecule has 190 valence electrons. The largest absolute Gasteiger partial charge is 0.356 e. The number of aromatic nitrogens is 2. The zero-order chi connectivity index (χ0) is 26.0. The van der Waals surface area contributed by atoms with Crippen molar-refractivity contribution in [2.24, 2.45) is 0 Å². The minimum absolute atomic E-state index is 0.0894. The number of benzene rings is 3. The van der Waals surface area contributed by atoms with Gasteiger partial charge in [0.2, 0.25) is 11.8 Å². The van der Waals surface area contributed by atoms with Crippen LogP contribution in [0.25, 0.3) is 10.9 Å². The summed E-state index contributed by atoms with van der Waals surface area (Å²) >= 11 is 1.19. The van der Waals surface area contributed by atoms with Gasteiger partial charge in [-0.25, -0.2) is 4.98 Å². The van der Waals surface area contributed by atoms with Crippen molar-refractivity contribution in [1.29, 1.82) is 0 Å². The van der Waals surface area contributed by atoms with E-state index in [0.29, 0.717) is 22.6 Å². The minimum atomic E-state index is -0.220. The van der Waals surface area contributed by atoms with Crippen LogP contribution in [0.4, 0.5) is 5.69 Å². The van der Waals surface area contributed by atoms with E-state index in [0.717, 1.165) is 29.7 Å². The van der Waals surface area contributed by atoms with Gasteiger partial charge in [-0.05, 0) is 42.2 Å². The van der Waals surface area contributed by atoms with Gasteiger partial charge >= 0.3 is 0 Å². The highest BCUT2D eigenvalue weighted by molar-refractivity contribution is 7.99. The molecule has 8 heteroatoms. The first kappa shape index (κ1) is 26.2. The lowest BCUT2D eigenvalue weighted by Crippen LogP contribution is -2.30. The van der Waals surface area contributed by atoms with E-state index in [9.17, 15) is 14.4 Å². The number of anilines is 1. The maximum Gasteiger partial charge on any atom is 0.262 e. The summed E-state index contributed by atoms with van der Waals surface area (Å²) in [7, 11) is 0. The van der Waals surface area contributed by atoms with Crippen molar-refractivity contribution >= 4 is 40.2 Å². The van der Waals surface area contributed by atoms with Crippen molar-refractivity contribution in [3.8, 4) is 0 Å².